The molecule has 1 aromatic heterocycles. The molecule has 1 atom stereocenters. The molecule has 0 saturated carbocycles. The first kappa shape index (κ1) is 23.6. The van der Waals surface area contributed by atoms with Crippen LogP contribution in [0.2, 0.25) is 0 Å². The van der Waals surface area contributed by atoms with Crippen LogP contribution in [0.1, 0.15) is 26.8 Å². The number of hydrogen-bond acceptors (Lipinski definition) is 4. The highest BCUT2D eigenvalue weighted by Crippen LogP contribution is 2.34. The Balaban J connectivity index is 1.52. The van der Waals surface area contributed by atoms with E-state index < -0.39 is 11.7 Å². The Morgan fingerprint density at radius 1 is 1.15 bits per heavy atom. The zero-order chi connectivity index (χ0) is 24.1. The maximum atomic E-state index is 13.6. The number of benzene rings is 2. The summed E-state index contributed by atoms with van der Waals surface area (Å²) < 4.78 is 32.8. The Bertz CT molecular complexity index is 1180. The molecule has 2 amide bonds. The van der Waals surface area contributed by atoms with Crippen LogP contribution in [0, 0.1) is 11.6 Å². The van der Waals surface area contributed by atoms with Crippen molar-refractivity contribution in [3.8, 4) is 5.75 Å². The molecule has 0 N–H and O–H groups in total. The summed E-state index contributed by atoms with van der Waals surface area (Å²) >= 11 is 1.64. The molecular weight excluding hydrogens is 458 g/mol. The van der Waals surface area contributed by atoms with Crippen LogP contribution in [-0.4, -0.2) is 47.9 Å². The van der Waals surface area contributed by atoms with Gasteiger partial charge in [-0.25, -0.2) is 8.78 Å². The molecule has 176 valence electrons. The number of amides is 2. The van der Waals surface area contributed by atoms with E-state index in [0.29, 0.717) is 18.7 Å². The van der Waals surface area contributed by atoms with Gasteiger partial charge in [0.1, 0.15) is 30.5 Å². The molecule has 0 unspecified atom stereocenters. The van der Waals surface area contributed by atoms with Crippen molar-refractivity contribution < 1.29 is 23.1 Å². The standard InChI is InChI=1S/C26H24F2N2O3S/c1-2-12-29(26(32)18-4-3-5-20(28)15-18)16-25(31)30-13-10-24-22(11-14-34-24)23(30)17-33-21-8-6-19(27)7-9-21/h2-9,11,14-15,23H,1,10,12-13,16-17H2/t23-/m1/s1. The number of rotatable bonds is 8. The van der Waals surface area contributed by atoms with Crippen molar-refractivity contribution in [3.05, 3.63) is 100 Å². The minimum Gasteiger partial charge on any atom is -0.491 e. The van der Waals surface area contributed by atoms with Gasteiger partial charge in [0, 0.05) is 23.5 Å². The number of thiophene rings is 1. The van der Waals surface area contributed by atoms with Gasteiger partial charge >= 0.3 is 0 Å². The molecule has 5 nitrogen and oxygen atoms in total. The minimum absolute atomic E-state index is 0.148. The molecule has 0 aliphatic carbocycles. The molecule has 4 rings (SSSR count). The Hall–Kier alpha value is -3.52. The largest absolute Gasteiger partial charge is 0.491 e. The van der Waals surface area contributed by atoms with E-state index in [9.17, 15) is 18.4 Å². The lowest BCUT2D eigenvalue weighted by atomic mass is 10.0. The Kier molecular flexibility index (Phi) is 7.37. The van der Waals surface area contributed by atoms with E-state index in [1.807, 2.05) is 11.4 Å². The number of carbonyl (C=O) groups is 2. The molecule has 2 aromatic carbocycles. The summed E-state index contributed by atoms with van der Waals surface area (Å²) in [5.74, 6) is -1.05. The van der Waals surface area contributed by atoms with E-state index in [1.54, 1.807) is 28.4 Å². The lowest BCUT2D eigenvalue weighted by Gasteiger charge is -2.37. The third-order valence-electron chi connectivity index (χ3n) is 5.67. The van der Waals surface area contributed by atoms with E-state index in [4.69, 9.17) is 4.74 Å². The monoisotopic (exact) mass is 482 g/mol. The maximum Gasteiger partial charge on any atom is 0.254 e. The highest BCUT2D eigenvalue weighted by molar-refractivity contribution is 7.10. The van der Waals surface area contributed by atoms with Crippen molar-refractivity contribution in [3.63, 3.8) is 0 Å². The summed E-state index contributed by atoms with van der Waals surface area (Å²) in [5, 5.41) is 1.99. The second-order valence-electron chi connectivity index (χ2n) is 7.90. The van der Waals surface area contributed by atoms with Crippen LogP contribution < -0.4 is 4.74 Å². The first-order chi connectivity index (χ1) is 16.5. The average molecular weight is 483 g/mol. The summed E-state index contributed by atoms with van der Waals surface area (Å²) in [7, 11) is 0. The van der Waals surface area contributed by atoms with Gasteiger partial charge in [0.25, 0.3) is 5.91 Å². The van der Waals surface area contributed by atoms with E-state index >= 15 is 0 Å². The predicted octanol–water partition coefficient (Wildman–Crippen LogP) is 4.86. The molecule has 3 aromatic rings. The fourth-order valence-electron chi connectivity index (χ4n) is 4.01. The number of hydrogen-bond donors (Lipinski definition) is 0. The highest BCUT2D eigenvalue weighted by atomic mass is 32.1. The molecule has 0 saturated heterocycles. The summed E-state index contributed by atoms with van der Waals surface area (Å²) in [6, 6.07) is 12.8. The van der Waals surface area contributed by atoms with Gasteiger partial charge < -0.3 is 14.5 Å². The quantitative estimate of drug-likeness (QED) is 0.431. The van der Waals surface area contributed by atoms with Crippen LogP contribution in [0.5, 0.6) is 5.75 Å². The van der Waals surface area contributed by atoms with E-state index in [0.717, 1.165) is 11.6 Å². The van der Waals surface area contributed by atoms with E-state index in [2.05, 4.69) is 6.58 Å². The van der Waals surface area contributed by atoms with Gasteiger partial charge in [0.05, 0.1) is 6.04 Å². The summed E-state index contributed by atoms with van der Waals surface area (Å²) in [6.07, 6.45) is 2.25. The topological polar surface area (TPSA) is 49.9 Å². The van der Waals surface area contributed by atoms with Crippen molar-refractivity contribution in [1.82, 2.24) is 9.80 Å². The Morgan fingerprint density at radius 2 is 1.94 bits per heavy atom. The van der Waals surface area contributed by atoms with Gasteiger partial charge in [-0.05, 0) is 65.9 Å². The van der Waals surface area contributed by atoms with Crippen LogP contribution in [-0.2, 0) is 11.2 Å². The zero-order valence-electron chi connectivity index (χ0n) is 18.5. The lowest BCUT2D eigenvalue weighted by Crippen LogP contribution is -2.47. The Labute approximate surface area is 200 Å². The van der Waals surface area contributed by atoms with Crippen LogP contribution >= 0.6 is 11.3 Å². The minimum atomic E-state index is -0.519. The predicted molar refractivity (Wildman–Crippen MR) is 127 cm³/mol. The third-order valence-corrected chi connectivity index (χ3v) is 6.67. The maximum absolute atomic E-state index is 13.6. The van der Waals surface area contributed by atoms with Crippen LogP contribution in [0.3, 0.4) is 0 Å². The molecule has 0 bridgehead atoms. The summed E-state index contributed by atoms with van der Waals surface area (Å²) in [5.41, 5.74) is 1.18. The number of halogens is 2. The fraction of sp³-hybridized carbons (Fsp3) is 0.231. The van der Waals surface area contributed by atoms with Crippen molar-refractivity contribution in [2.75, 3.05) is 26.2 Å². The molecule has 0 radical (unpaired) electrons. The molecule has 1 aliphatic heterocycles. The Morgan fingerprint density at radius 3 is 2.68 bits per heavy atom. The van der Waals surface area contributed by atoms with E-state index in [-0.39, 0.29) is 43.0 Å². The number of fused-ring (bicyclic) bond motifs is 1. The van der Waals surface area contributed by atoms with Crippen molar-refractivity contribution in [1.29, 1.82) is 0 Å². The second kappa shape index (κ2) is 10.6. The second-order valence-corrected chi connectivity index (χ2v) is 8.90. The highest BCUT2D eigenvalue weighted by Gasteiger charge is 2.33. The first-order valence-corrected chi connectivity index (χ1v) is 11.7. The first-order valence-electron chi connectivity index (χ1n) is 10.9. The molecule has 0 fully saturated rings. The molecule has 2 heterocycles. The lowest BCUT2D eigenvalue weighted by molar-refractivity contribution is -0.135. The van der Waals surface area contributed by atoms with E-state index in [1.165, 1.54) is 46.2 Å². The molecule has 8 heteroatoms. The normalized spacial score (nSPS) is 14.9. The molecular formula is C26H24F2N2O3S. The van der Waals surface area contributed by atoms with Gasteiger partial charge in [0.2, 0.25) is 5.91 Å². The van der Waals surface area contributed by atoms with Gasteiger partial charge in [-0.3, -0.25) is 9.59 Å². The van der Waals surface area contributed by atoms with Crippen LogP contribution in [0.25, 0.3) is 0 Å². The SMILES string of the molecule is C=CCN(CC(=O)N1CCc2sccc2[C@H]1COc1ccc(F)cc1)C(=O)c1cccc(F)c1. The van der Waals surface area contributed by atoms with Crippen molar-refractivity contribution >= 4 is 23.2 Å². The summed E-state index contributed by atoms with van der Waals surface area (Å²) in [4.78, 5) is 30.6. The van der Waals surface area contributed by atoms with Crippen LogP contribution in [0.15, 0.2) is 72.6 Å². The smallest absolute Gasteiger partial charge is 0.254 e. The number of nitrogens with zero attached hydrogens (tertiary/aromatic N) is 2. The fourth-order valence-corrected chi connectivity index (χ4v) is 4.94. The third kappa shape index (κ3) is 5.34. The number of carbonyl (C=O) groups excluding carboxylic acids is 2. The zero-order valence-corrected chi connectivity index (χ0v) is 19.3. The van der Waals surface area contributed by atoms with Crippen LogP contribution in [0.4, 0.5) is 8.78 Å². The average Bonchev–Trinajstić information content (AvgIpc) is 3.32. The van der Waals surface area contributed by atoms with Gasteiger partial charge in [-0.1, -0.05) is 12.1 Å². The number of ether oxygens (including phenoxy) is 1. The summed E-state index contributed by atoms with van der Waals surface area (Å²) in [6.45, 7) is 4.34. The van der Waals surface area contributed by atoms with Gasteiger partial charge in [-0.15, -0.1) is 17.9 Å². The van der Waals surface area contributed by atoms with Gasteiger partial charge in [-0.2, -0.15) is 0 Å². The molecule has 0 spiro atoms. The molecule has 1 aliphatic rings. The van der Waals surface area contributed by atoms with Crippen molar-refractivity contribution in [2.45, 2.75) is 12.5 Å². The van der Waals surface area contributed by atoms with Crippen molar-refractivity contribution in [2.24, 2.45) is 0 Å². The van der Waals surface area contributed by atoms with Gasteiger partial charge in [0.15, 0.2) is 0 Å². The molecule has 34 heavy (non-hydrogen) atoms.